The van der Waals surface area contributed by atoms with Gasteiger partial charge < -0.3 is 20.1 Å². The number of hydrogen-bond acceptors (Lipinski definition) is 4. The van der Waals surface area contributed by atoms with Gasteiger partial charge in [0.15, 0.2) is 6.61 Å². The van der Waals surface area contributed by atoms with Crippen LogP contribution in [0, 0.1) is 5.92 Å². The Balaban J connectivity index is 1.58. The van der Waals surface area contributed by atoms with Crippen LogP contribution in [0.25, 0.3) is 0 Å². The van der Waals surface area contributed by atoms with Crippen molar-refractivity contribution >= 4 is 23.5 Å². The molecule has 1 aromatic rings. The first-order chi connectivity index (χ1) is 13.4. The minimum atomic E-state index is -1.20. The molecule has 1 saturated heterocycles. The van der Waals surface area contributed by atoms with Gasteiger partial charge in [0.25, 0.3) is 5.91 Å². The average Bonchev–Trinajstić information content (AvgIpc) is 3.13. The number of hydrogen-bond donors (Lipinski definition) is 2. The number of carboxylic acid groups (broad SMARTS) is 1. The maximum Gasteiger partial charge on any atom is 0.329 e. The maximum atomic E-state index is 12.4. The third-order valence-electron chi connectivity index (χ3n) is 5.90. The van der Waals surface area contributed by atoms with Crippen LogP contribution < -0.4 is 15.0 Å². The SMILES string of the molecule is CCC1CCC(NC(=O)COc2cccc(N3CCCC3=O)c2)(C(=O)O)CC1. The number of carbonyl (C=O) groups is 3. The topological polar surface area (TPSA) is 95.9 Å². The largest absolute Gasteiger partial charge is 0.484 e. The Morgan fingerprint density at radius 3 is 2.68 bits per heavy atom. The molecule has 0 aromatic heterocycles. The normalized spacial score (nSPS) is 24.8. The average molecular weight is 388 g/mol. The summed E-state index contributed by atoms with van der Waals surface area (Å²) in [6.07, 6.45) is 4.90. The molecule has 0 unspecified atom stereocenters. The van der Waals surface area contributed by atoms with Crippen molar-refractivity contribution in [1.82, 2.24) is 5.32 Å². The third-order valence-corrected chi connectivity index (χ3v) is 5.90. The monoisotopic (exact) mass is 388 g/mol. The molecule has 0 atom stereocenters. The molecule has 1 heterocycles. The van der Waals surface area contributed by atoms with Crippen molar-refractivity contribution in [2.75, 3.05) is 18.1 Å². The van der Waals surface area contributed by atoms with Crippen LogP contribution in [-0.4, -0.2) is 41.6 Å². The molecule has 2 N–H and O–H groups in total. The Morgan fingerprint density at radius 2 is 2.07 bits per heavy atom. The van der Waals surface area contributed by atoms with E-state index in [2.05, 4.69) is 12.2 Å². The van der Waals surface area contributed by atoms with E-state index in [0.717, 1.165) is 31.4 Å². The van der Waals surface area contributed by atoms with Crippen LogP contribution in [0.5, 0.6) is 5.75 Å². The van der Waals surface area contributed by atoms with E-state index in [4.69, 9.17) is 4.74 Å². The molecule has 1 aliphatic heterocycles. The van der Waals surface area contributed by atoms with Crippen LogP contribution in [0.4, 0.5) is 5.69 Å². The highest BCUT2D eigenvalue weighted by molar-refractivity contribution is 5.95. The molecule has 152 valence electrons. The first-order valence-electron chi connectivity index (χ1n) is 10.0. The fourth-order valence-corrected chi connectivity index (χ4v) is 4.09. The van der Waals surface area contributed by atoms with Gasteiger partial charge in [-0.25, -0.2) is 4.79 Å². The predicted molar refractivity (Wildman–Crippen MR) is 104 cm³/mol. The zero-order chi connectivity index (χ0) is 20.1. The van der Waals surface area contributed by atoms with Gasteiger partial charge in [-0.1, -0.05) is 19.4 Å². The Morgan fingerprint density at radius 1 is 1.32 bits per heavy atom. The van der Waals surface area contributed by atoms with Crippen LogP contribution in [0.15, 0.2) is 24.3 Å². The molecule has 1 aliphatic carbocycles. The van der Waals surface area contributed by atoms with Gasteiger partial charge in [0.05, 0.1) is 0 Å². The molecule has 3 rings (SSSR count). The number of benzene rings is 1. The fourth-order valence-electron chi connectivity index (χ4n) is 4.09. The molecular weight excluding hydrogens is 360 g/mol. The van der Waals surface area contributed by atoms with Gasteiger partial charge >= 0.3 is 5.97 Å². The minimum Gasteiger partial charge on any atom is -0.484 e. The van der Waals surface area contributed by atoms with E-state index >= 15 is 0 Å². The van der Waals surface area contributed by atoms with E-state index in [-0.39, 0.29) is 12.5 Å². The summed E-state index contributed by atoms with van der Waals surface area (Å²) in [5.41, 5.74) is -0.448. The van der Waals surface area contributed by atoms with Gasteiger partial charge in [0.1, 0.15) is 11.3 Å². The summed E-state index contributed by atoms with van der Waals surface area (Å²) >= 11 is 0. The summed E-state index contributed by atoms with van der Waals surface area (Å²) in [7, 11) is 0. The number of nitrogens with zero attached hydrogens (tertiary/aromatic N) is 1. The molecule has 7 nitrogen and oxygen atoms in total. The summed E-state index contributed by atoms with van der Waals surface area (Å²) in [6, 6.07) is 7.06. The van der Waals surface area contributed by atoms with Crippen molar-refractivity contribution in [2.24, 2.45) is 5.92 Å². The van der Waals surface area contributed by atoms with Crippen molar-refractivity contribution < 1.29 is 24.2 Å². The number of carbonyl (C=O) groups excluding carboxylic acids is 2. The lowest BCUT2D eigenvalue weighted by atomic mass is 9.75. The first-order valence-corrected chi connectivity index (χ1v) is 10.0. The number of rotatable bonds is 7. The van der Waals surface area contributed by atoms with E-state index < -0.39 is 17.4 Å². The van der Waals surface area contributed by atoms with Gasteiger partial charge in [0, 0.05) is 24.7 Å². The van der Waals surface area contributed by atoms with Gasteiger partial charge in [0.2, 0.25) is 5.91 Å². The van der Waals surface area contributed by atoms with E-state index in [9.17, 15) is 19.5 Å². The number of nitrogens with one attached hydrogen (secondary N) is 1. The molecule has 1 aromatic carbocycles. The van der Waals surface area contributed by atoms with Crippen molar-refractivity contribution in [3.05, 3.63) is 24.3 Å². The minimum absolute atomic E-state index is 0.0842. The van der Waals surface area contributed by atoms with Gasteiger partial charge in [-0.05, 0) is 50.2 Å². The zero-order valence-electron chi connectivity index (χ0n) is 16.3. The summed E-state index contributed by atoms with van der Waals surface area (Å²) in [5.74, 6) is -0.339. The Hall–Kier alpha value is -2.57. The third kappa shape index (κ3) is 4.46. The van der Waals surface area contributed by atoms with E-state index in [0.29, 0.717) is 37.5 Å². The maximum absolute atomic E-state index is 12.4. The molecule has 2 fully saturated rings. The number of carboxylic acids is 1. The van der Waals surface area contributed by atoms with E-state index in [1.54, 1.807) is 23.1 Å². The quantitative estimate of drug-likeness (QED) is 0.749. The Bertz CT molecular complexity index is 740. The lowest BCUT2D eigenvalue weighted by Gasteiger charge is -2.37. The smallest absolute Gasteiger partial charge is 0.329 e. The van der Waals surface area contributed by atoms with Crippen molar-refractivity contribution in [1.29, 1.82) is 0 Å². The first kappa shape index (κ1) is 20.2. The van der Waals surface area contributed by atoms with Crippen LogP contribution in [0.1, 0.15) is 51.9 Å². The number of amides is 2. The number of aliphatic carboxylic acids is 1. The van der Waals surface area contributed by atoms with Gasteiger partial charge in [-0.15, -0.1) is 0 Å². The molecule has 2 aliphatic rings. The van der Waals surface area contributed by atoms with Crippen LogP contribution in [0.3, 0.4) is 0 Å². The van der Waals surface area contributed by atoms with Gasteiger partial charge in [-0.2, -0.15) is 0 Å². The molecule has 0 spiro atoms. The molecule has 0 bridgehead atoms. The number of ether oxygens (including phenoxy) is 1. The van der Waals surface area contributed by atoms with Crippen LogP contribution >= 0.6 is 0 Å². The standard InChI is InChI=1S/C21H28N2O5/c1-2-15-8-10-21(11-9-15,20(26)27)22-18(24)14-28-17-6-3-5-16(13-17)23-12-4-7-19(23)25/h3,5-6,13,15H,2,4,7-12,14H2,1H3,(H,22,24)(H,26,27). The molecule has 2 amide bonds. The van der Waals surface area contributed by atoms with Crippen molar-refractivity contribution in [3.63, 3.8) is 0 Å². The van der Waals surface area contributed by atoms with E-state index in [1.807, 2.05) is 6.07 Å². The summed E-state index contributed by atoms with van der Waals surface area (Å²) in [4.78, 5) is 37.8. The van der Waals surface area contributed by atoms with Crippen molar-refractivity contribution in [2.45, 2.75) is 57.4 Å². The van der Waals surface area contributed by atoms with Crippen LogP contribution in [-0.2, 0) is 14.4 Å². The fraction of sp³-hybridized carbons (Fsp3) is 0.571. The molecule has 0 radical (unpaired) electrons. The molecular formula is C21H28N2O5. The highest BCUT2D eigenvalue weighted by atomic mass is 16.5. The lowest BCUT2D eigenvalue weighted by molar-refractivity contribution is -0.150. The van der Waals surface area contributed by atoms with Crippen molar-refractivity contribution in [3.8, 4) is 5.75 Å². The Kier molecular flexibility index (Phi) is 6.21. The highest BCUT2D eigenvalue weighted by Crippen LogP contribution is 2.34. The summed E-state index contributed by atoms with van der Waals surface area (Å²) in [6.45, 7) is 2.53. The highest BCUT2D eigenvalue weighted by Gasteiger charge is 2.42. The summed E-state index contributed by atoms with van der Waals surface area (Å²) in [5, 5.41) is 12.4. The molecule has 1 saturated carbocycles. The van der Waals surface area contributed by atoms with Crippen LogP contribution in [0.2, 0.25) is 0 Å². The lowest BCUT2D eigenvalue weighted by Crippen LogP contribution is -2.57. The molecule has 7 heteroatoms. The second-order valence-corrected chi connectivity index (χ2v) is 7.72. The molecule has 28 heavy (non-hydrogen) atoms. The second kappa shape index (κ2) is 8.63. The summed E-state index contributed by atoms with van der Waals surface area (Å²) < 4.78 is 5.57. The Labute approximate surface area is 165 Å². The van der Waals surface area contributed by atoms with E-state index in [1.165, 1.54) is 0 Å². The van der Waals surface area contributed by atoms with Gasteiger partial charge in [-0.3, -0.25) is 9.59 Å². The predicted octanol–water partition coefficient (Wildman–Crippen LogP) is 2.73. The number of anilines is 1. The zero-order valence-corrected chi connectivity index (χ0v) is 16.3. The second-order valence-electron chi connectivity index (χ2n) is 7.72.